The molecule has 0 atom stereocenters. The normalized spacial score (nSPS) is 3.84. The molecule has 0 amide bonds. The Morgan fingerprint density at radius 2 is 0.280 bits per heavy atom. The fraction of sp³-hybridized carbons (Fsp3) is 0. The van der Waals surface area contributed by atoms with Gasteiger partial charge < -0.3 is 79.2 Å². The van der Waals surface area contributed by atoms with E-state index in [0.29, 0.717) is 51.8 Å². The van der Waals surface area contributed by atoms with Crippen molar-refractivity contribution >= 4 is 51.8 Å². The van der Waals surface area contributed by atoms with Crippen LogP contribution in [0.1, 0.15) is 0 Å². The van der Waals surface area contributed by atoms with E-state index in [0.717, 1.165) is 0 Å². The van der Waals surface area contributed by atoms with Crippen LogP contribution in [-0.2, 0) is 55.1 Å². The van der Waals surface area contributed by atoms with Gasteiger partial charge in [0.25, 0.3) is 0 Å². The summed E-state index contributed by atoms with van der Waals surface area (Å²) in [6.07, 6.45) is 0. The van der Waals surface area contributed by atoms with E-state index in [9.17, 15) is 0 Å². The Balaban J connectivity index is -0.0000000166. The molecule has 1 radical (unpaired) electrons. The Labute approximate surface area is 148 Å². The second-order valence-corrected chi connectivity index (χ2v) is 0.730. The summed E-state index contributed by atoms with van der Waals surface area (Å²) >= 11 is 0. The van der Waals surface area contributed by atoms with Gasteiger partial charge in [0.2, 0.25) is 0 Å². The van der Waals surface area contributed by atoms with Gasteiger partial charge >= 0.3 is 0 Å². The maximum atomic E-state index is 8.24. The Hall–Kier alpha value is -3.73. The fourth-order valence-electron chi connectivity index (χ4n) is 0. The van der Waals surface area contributed by atoms with E-state index in [-0.39, 0.29) is 16.8 Å². The molecule has 0 aromatic heterocycles. The van der Waals surface area contributed by atoms with Crippen LogP contribution in [0, 0.1) is 0 Å². The molecule has 16 nitrogen and oxygen atoms in total. The van der Waals surface area contributed by atoms with Crippen molar-refractivity contribution in [1.82, 2.24) is 0 Å². The minimum Gasteiger partial charge on any atom is -0.665 e. The van der Waals surface area contributed by atoms with Crippen LogP contribution in [0.2, 0.25) is 0 Å². The van der Waals surface area contributed by atoms with Gasteiger partial charge in [-0.15, -0.1) is 0 Å². The summed E-state index contributed by atoms with van der Waals surface area (Å²) in [6, 6.07) is 0. The van der Waals surface area contributed by atoms with Gasteiger partial charge in [-0.25, -0.2) is 0 Å². The van der Waals surface area contributed by atoms with Crippen LogP contribution in [-0.4, -0.2) is 92.6 Å². The summed E-state index contributed by atoms with van der Waals surface area (Å²) < 4.78 is 0. The van der Waals surface area contributed by atoms with Gasteiger partial charge in [-0.05, 0) is 0 Å². The van der Waals surface area contributed by atoms with Crippen molar-refractivity contribution in [2.75, 3.05) is 0 Å². The summed E-state index contributed by atoms with van der Waals surface area (Å²) in [6.45, 7) is 4.00. The number of hydrogen-bond acceptors (Lipinski definition) is 8. The molecule has 0 aliphatic rings. The maximum absolute atomic E-state index is 8.24. The maximum Gasteiger partial charge on any atom is 0 e. The molecular weight excluding hydrogens is 411 g/mol. The molecule has 17 heteroatoms. The molecule has 0 saturated carbocycles. The number of rotatable bonds is 0. The monoisotopic (exact) mass is 419 g/mol. The first-order chi connectivity index (χ1) is 11.3. The van der Waals surface area contributed by atoms with E-state index in [1.807, 2.05) is 0 Å². The van der Waals surface area contributed by atoms with E-state index in [1.165, 1.54) is 0 Å². The second-order valence-electron chi connectivity index (χ2n) is 0.730. The van der Waals surface area contributed by atoms with Gasteiger partial charge in [0, 0.05) is 16.8 Å². The molecule has 0 bridgehead atoms. The average Bonchev–Trinajstić information content (AvgIpc) is 2.45. The molecule has 0 aliphatic heterocycles. The molecule has 25 heavy (non-hydrogen) atoms. The topological polar surface area (TPSA) is 298 Å². The van der Waals surface area contributed by atoms with Crippen molar-refractivity contribution in [2.45, 2.75) is 0 Å². The van der Waals surface area contributed by atoms with Crippen LogP contribution in [0.5, 0.6) is 0 Å². The van der Waals surface area contributed by atoms with Crippen LogP contribution in [0.25, 0.3) is 0 Å². The standard InChI is InChI=1S/8CHO2.Co/c8*2-1-3;/h8*(H,2,3);/q8*-1;. The quantitative estimate of drug-likeness (QED) is 0.180. The summed E-state index contributed by atoms with van der Waals surface area (Å²) in [5.74, 6) is 0. The van der Waals surface area contributed by atoms with Crippen molar-refractivity contribution in [2.24, 2.45) is 0 Å². The number of aliphatic hydroxyl groups excluding tert-OH is 8. The first kappa shape index (κ1) is 58.1. The van der Waals surface area contributed by atoms with Crippen LogP contribution in [0.4, 0.5) is 0 Å². The molecule has 0 aromatic carbocycles. The molecular formula is C8H8CoO16-8. The van der Waals surface area contributed by atoms with Crippen LogP contribution >= 0.6 is 0 Å². The van der Waals surface area contributed by atoms with E-state index < -0.39 is 0 Å². The molecule has 0 unspecified atom stereocenters. The van der Waals surface area contributed by atoms with Crippen LogP contribution in [0.15, 0.2) is 0 Å². The van der Waals surface area contributed by atoms with Gasteiger partial charge in [0.05, 0.1) is 0 Å². The molecule has 0 saturated heterocycles. The Morgan fingerprint density at radius 1 is 0.280 bits per heavy atom. The Morgan fingerprint density at radius 3 is 0.280 bits per heavy atom. The predicted molar refractivity (Wildman–Crippen MR) is 66.6 cm³/mol. The molecule has 0 fully saturated rings. The van der Waals surface area contributed by atoms with Crippen LogP contribution < -0.4 is 0 Å². The molecule has 0 heterocycles. The van der Waals surface area contributed by atoms with Gasteiger partial charge in [-0.2, -0.15) is 0 Å². The smallest absolute Gasteiger partial charge is 0 e. The van der Waals surface area contributed by atoms with E-state index in [2.05, 4.69) is 0 Å². The summed E-state index contributed by atoms with van der Waals surface area (Å²) in [7, 11) is 0. The van der Waals surface area contributed by atoms with Crippen molar-refractivity contribution in [3.63, 3.8) is 0 Å². The Kier molecular flexibility index (Phi) is 960. The molecule has 8 N–H and O–H groups in total. The number of hydrogen-bond donors (Lipinski definition) is 8. The van der Waals surface area contributed by atoms with Crippen molar-refractivity contribution in [3.8, 4) is 0 Å². The summed E-state index contributed by atoms with van der Waals surface area (Å²) in [4.78, 5) is 65.9. The van der Waals surface area contributed by atoms with Gasteiger partial charge in [-0.3, -0.25) is 0 Å². The third kappa shape index (κ3) is 485. The first-order valence-corrected chi connectivity index (χ1v) is 3.42. The van der Waals surface area contributed by atoms with Gasteiger partial charge in [0.1, 0.15) is 0 Å². The zero-order chi connectivity index (χ0) is 21.7. The molecule has 0 rings (SSSR count). The first-order valence-electron chi connectivity index (χ1n) is 3.42. The molecule has 0 spiro atoms. The molecule has 153 valence electrons. The minimum atomic E-state index is 0. The average molecular weight is 419 g/mol. The fourth-order valence-corrected chi connectivity index (χ4v) is 0. The second kappa shape index (κ2) is 413. The predicted octanol–water partition coefficient (Wildman–Crippen LogP) is -3.11. The third-order valence-corrected chi connectivity index (χ3v) is 0. The molecule has 0 aromatic rings. The van der Waals surface area contributed by atoms with Gasteiger partial charge in [-0.1, -0.05) is 51.8 Å². The third-order valence-electron chi connectivity index (χ3n) is 0. The van der Waals surface area contributed by atoms with Crippen molar-refractivity contribution in [3.05, 3.63) is 0 Å². The SMILES string of the molecule is O=[C-]O.O=[C-]O.O=[C-]O.O=[C-]O.O=[C-]O.O=[C-]O.O=[C-]O.O=[C-]O.[Co]. The van der Waals surface area contributed by atoms with E-state index >= 15 is 0 Å². The molecule has 0 aliphatic carbocycles. The van der Waals surface area contributed by atoms with E-state index in [1.54, 1.807) is 0 Å². The largest absolute Gasteiger partial charge is 0.665 e. The van der Waals surface area contributed by atoms with Gasteiger partial charge in [0.15, 0.2) is 0 Å². The minimum absolute atomic E-state index is 0. The zero-order valence-corrected chi connectivity index (χ0v) is 12.2. The van der Waals surface area contributed by atoms with Crippen LogP contribution in [0.3, 0.4) is 0 Å². The summed E-state index contributed by atoms with van der Waals surface area (Å²) in [5.41, 5.74) is 0. The Bertz CT molecular complexity index is 160. The zero-order valence-electron chi connectivity index (χ0n) is 11.2. The van der Waals surface area contributed by atoms with Crippen molar-refractivity contribution < 1.29 is 96.0 Å². The summed E-state index contributed by atoms with van der Waals surface area (Å²) in [5, 5.41) is 54.1. The van der Waals surface area contributed by atoms with Crippen molar-refractivity contribution in [1.29, 1.82) is 0 Å². The van der Waals surface area contributed by atoms with E-state index in [4.69, 9.17) is 79.2 Å².